The first kappa shape index (κ1) is 97.9. The lowest BCUT2D eigenvalue weighted by atomic mass is 10.1. The van der Waals surface area contributed by atoms with Crippen LogP contribution in [0.5, 0.6) is 23.0 Å². The van der Waals surface area contributed by atoms with Crippen LogP contribution in [0.1, 0.15) is 134 Å². The van der Waals surface area contributed by atoms with Crippen LogP contribution in [-0.2, 0) is 84.0 Å². The SMILES string of the molecule is CC(C)C(=O)Nc1cccc(COc2c(Cl)cc(CC(=O)O)cc2Cl)c1Cl.Cc1cc(COc2c(Br)cc(C(=O)NCC(=O)O)cc2Br)c(F)c(NC(=O)C(C)C)c1.Cc1cc(COc2c(Br)cc(CCC(=O)O)cc2Br)c(F)c(NC(=O)C(C)C)c1.Cc1cc(COc2c(Cl)cc(CCC(=O)O)cc2Cl)c(F)c(NC(=O)C(C)C)c1. The minimum absolute atomic E-state index is 0.0263. The number of rotatable bonds is 31. The minimum Gasteiger partial charge on any atom is -0.486 e. The predicted octanol–water partition coefficient (Wildman–Crippen LogP) is 21.6. The standard InChI is InChI=1S/C21H21Br2FN2O5.C21H22Br2FNO4.C21H22Cl2FNO4.C19H18Cl3NO4/c1-10(2)20(29)26-16-5-11(3)4-13(18(16)24)9-31-19-14(22)6-12(7-15(19)23)21(30)25-8-17(27)28;2*1-11(2)21(28)25-17-7-12(3)6-14(19(17)24)10-29-20-15(22)8-13(9-16(20)23)4-5-18(26)27;1-10(2)19(26)23-15-5-3-4-12(17(15)22)9-27-18-13(20)6-11(7-14(18)21)8-16(24)25/h4-7,10H,8-9H2,1-3H3,(H,25,30)(H,26,29)(H,27,28);2*6-9,11H,4-5,10H2,1-3H3,(H,25,28)(H,26,27);3-7,10H,8-9H2,1-2H3,(H,23,26)(H,24,25). The van der Waals surface area contributed by atoms with Crippen LogP contribution < -0.4 is 45.5 Å². The van der Waals surface area contributed by atoms with Gasteiger partial charge >= 0.3 is 23.9 Å². The summed E-state index contributed by atoms with van der Waals surface area (Å²) in [6.07, 6.45) is 0.451. The summed E-state index contributed by atoms with van der Waals surface area (Å²) < 4.78 is 69.5. The summed E-state index contributed by atoms with van der Waals surface area (Å²) in [7, 11) is 0. The van der Waals surface area contributed by atoms with Gasteiger partial charge in [-0.2, -0.15) is 0 Å². The summed E-state index contributed by atoms with van der Waals surface area (Å²) in [5.41, 5.74) is 6.73. The van der Waals surface area contributed by atoms with Crippen molar-refractivity contribution in [3.05, 3.63) is 225 Å². The van der Waals surface area contributed by atoms with E-state index in [1.54, 1.807) is 148 Å². The van der Waals surface area contributed by atoms with Crippen LogP contribution >= 0.6 is 122 Å². The zero-order valence-corrected chi connectivity index (χ0v) is 74.5. The van der Waals surface area contributed by atoms with E-state index in [1.165, 1.54) is 24.3 Å². The molecule has 0 aliphatic carbocycles. The highest BCUT2D eigenvalue weighted by atomic mass is 79.9. The fraction of sp³-hybridized carbons (Fsp3) is 0.305. The van der Waals surface area contributed by atoms with E-state index in [0.717, 1.165) is 22.3 Å². The molecule has 0 aliphatic rings. The second-order valence-electron chi connectivity index (χ2n) is 27.2. The van der Waals surface area contributed by atoms with Gasteiger partial charge in [-0.05, 0) is 222 Å². The first-order valence-corrected chi connectivity index (χ1v) is 40.4. The summed E-state index contributed by atoms with van der Waals surface area (Å²) in [5.74, 6) is -6.97. The molecular weight excluding hydrogens is 1880 g/mol. The van der Waals surface area contributed by atoms with Crippen molar-refractivity contribution in [3.8, 4) is 23.0 Å². The molecule has 0 saturated carbocycles. The first-order chi connectivity index (χ1) is 54.3. The molecule has 8 rings (SSSR count). The van der Waals surface area contributed by atoms with Crippen molar-refractivity contribution in [1.29, 1.82) is 0 Å². The molecule has 0 heterocycles. The second-order valence-corrected chi connectivity index (χ2v) is 32.7. The normalized spacial score (nSPS) is 10.8. The Morgan fingerprint density at radius 2 is 0.698 bits per heavy atom. The molecular formula is C82H83Br4Cl5F3N5O17. The van der Waals surface area contributed by atoms with Gasteiger partial charge in [0, 0.05) is 64.3 Å². The average Bonchev–Trinajstić information content (AvgIpc) is 0.829. The van der Waals surface area contributed by atoms with Gasteiger partial charge in [-0.15, -0.1) is 0 Å². The molecule has 0 spiro atoms. The average molecular weight is 1960 g/mol. The van der Waals surface area contributed by atoms with Crippen LogP contribution in [0.2, 0.25) is 25.1 Å². The Hall–Kier alpha value is -8.65. The molecule has 8 aromatic rings. The van der Waals surface area contributed by atoms with Crippen LogP contribution in [0.25, 0.3) is 0 Å². The number of hydrogen-bond acceptors (Lipinski definition) is 13. The van der Waals surface area contributed by atoms with Crippen LogP contribution in [0.15, 0.2) is 121 Å². The first-order valence-electron chi connectivity index (χ1n) is 35.3. The number of ether oxygens (including phenoxy) is 4. The highest BCUT2D eigenvalue weighted by Crippen LogP contribution is 2.41. The van der Waals surface area contributed by atoms with E-state index in [4.69, 9.17) is 97.4 Å². The Morgan fingerprint density at radius 3 is 1.03 bits per heavy atom. The van der Waals surface area contributed by atoms with E-state index in [9.17, 15) is 56.3 Å². The number of nitrogens with one attached hydrogen (secondary N) is 5. The van der Waals surface area contributed by atoms with Crippen LogP contribution in [-0.4, -0.2) is 80.4 Å². The Bertz CT molecular complexity index is 4740. The van der Waals surface area contributed by atoms with Crippen molar-refractivity contribution >= 4 is 198 Å². The molecule has 622 valence electrons. The molecule has 0 bridgehead atoms. The second kappa shape index (κ2) is 46.5. The summed E-state index contributed by atoms with van der Waals surface area (Å²) in [6, 6.07) is 27.5. The van der Waals surface area contributed by atoms with Crippen molar-refractivity contribution in [2.75, 3.05) is 27.8 Å². The maximum Gasteiger partial charge on any atom is 0.322 e. The van der Waals surface area contributed by atoms with E-state index >= 15 is 0 Å². The van der Waals surface area contributed by atoms with Crippen LogP contribution in [0.4, 0.5) is 35.9 Å². The van der Waals surface area contributed by atoms with E-state index in [1.807, 2.05) is 6.92 Å². The van der Waals surface area contributed by atoms with E-state index in [2.05, 4.69) is 90.3 Å². The number of carbonyl (C=O) groups excluding carboxylic acids is 5. The van der Waals surface area contributed by atoms with Crippen molar-refractivity contribution in [1.82, 2.24) is 5.32 Å². The maximum atomic E-state index is 14.9. The van der Waals surface area contributed by atoms with Crippen molar-refractivity contribution in [3.63, 3.8) is 0 Å². The third-order valence-corrected chi connectivity index (χ3v) is 19.9. The predicted molar refractivity (Wildman–Crippen MR) is 456 cm³/mol. The molecule has 0 fully saturated rings. The van der Waals surface area contributed by atoms with E-state index < -0.39 is 53.8 Å². The topological polar surface area (TPSA) is 332 Å². The number of halogens is 12. The molecule has 0 aromatic heterocycles. The van der Waals surface area contributed by atoms with Gasteiger partial charge in [-0.3, -0.25) is 43.2 Å². The summed E-state index contributed by atoms with van der Waals surface area (Å²) in [5, 5.41) is 49.1. The van der Waals surface area contributed by atoms with Gasteiger partial charge in [-0.1, -0.05) is 126 Å². The van der Waals surface area contributed by atoms with Gasteiger partial charge in [0.2, 0.25) is 23.6 Å². The highest BCUT2D eigenvalue weighted by Gasteiger charge is 2.24. The number of benzene rings is 8. The zero-order valence-electron chi connectivity index (χ0n) is 64.3. The van der Waals surface area contributed by atoms with Gasteiger partial charge in [-0.25, -0.2) is 13.2 Å². The Labute approximate surface area is 727 Å². The van der Waals surface area contributed by atoms with E-state index in [-0.39, 0.29) is 165 Å². The monoisotopic (exact) mass is 1960 g/mol. The number of hydrogen-bond donors (Lipinski definition) is 9. The lowest BCUT2D eigenvalue weighted by Gasteiger charge is -2.15. The molecule has 9 N–H and O–H groups in total. The number of amides is 5. The number of carboxylic acids is 4. The number of carbonyl (C=O) groups is 9. The maximum absolute atomic E-state index is 14.9. The van der Waals surface area contributed by atoms with Gasteiger partial charge in [0.05, 0.1) is 72.2 Å². The van der Waals surface area contributed by atoms with Crippen molar-refractivity contribution < 1.29 is 95.7 Å². The molecule has 0 saturated heterocycles. The Morgan fingerprint density at radius 1 is 0.388 bits per heavy atom. The molecule has 0 atom stereocenters. The zero-order chi connectivity index (χ0) is 86.9. The summed E-state index contributed by atoms with van der Waals surface area (Å²) in [4.78, 5) is 103. The van der Waals surface area contributed by atoms with Crippen molar-refractivity contribution in [2.24, 2.45) is 23.7 Å². The molecule has 8 aromatic carbocycles. The summed E-state index contributed by atoms with van der Waals surface area (Å²) in [6.45, 7) is 18.6. The fourth-order valence-corrected chi connectivity index (χ4v) is 14.5. The highest BCUT2D eigenvalue weighted by molar-refractivity contribution is 9.11. The third-order valence-electron chi connectivity index (χ3n) is 16.0. The van der Waals surface area contributed by atoms with Gasteiger partial charge in [0.25, 0.3) is 5.91 Å². The Balaban J connectivity index is 0.000000276. The lowest BCUT2D eigenvalue weighted by Crippen LogP contribution is -2.29. The number of anilines is 4. The molecule has 116 heavy (non-hydrogen) atoms. The van der Waals surface area contributed by atoms with Gasteiger partial charge < -0.3 is 66.0 Å². The fourth-order valence-electron chi connectivity index (χ4n) is 10.0. The molecule has 0 radical (unpaired) electrons. The molecule has 0 aliphatic heterocycles. The van der Waals surface area contributed by atoms with Crippen molar-refractivity contribution in [2.45, 2.75) is 135 Å². The lowest BCUT2D eigenvalue weighted by molar-refractivity contribution is -0.138. The van der Waals surface area contributed by atoms with Crippen LogP contribution in [0.3, 0.4) is 0 Å². The molecule has 34 heteroatoms. The number of aryl methyl sites for hydroxylation is 5. The molecule has 5 amide bonds. The Kier molecular flexibility index (Phi) is 39.2. The van der Waals surface area contributed by atoms with Crippen LogP contribution in [0, 0.1) is 61.9 Å². The smallest absolute Gasteiger partial charge is 0.322 e. The number of aliphatic carboxylic acids is 4. The molecule has 0 unspecified atom stereocenters. The number of carboxylic acid groups (broad SMARTS) is 4. The quantitative estimate of drug-likeness (QED) is 0.0195. The summed E-state index contributed by atoms with van der Waals surface area (Å²) >= 11 is 44.6. The minimum atomic E-state index is -1.16. The largest absolute Gasteiger partial charge is 0.486 e. The van der Waals surface area contributed by atoms with Gasteiger partial charge in [0.15, 0.2) is 29.0 Å². The van der Waals surface area contributed by atoms with E-state index in [0.29, 0.717) is 68.8 Å². The van der Waals surface area contributed by atoms with Gasteiger partial charge in [0.1, 0.15) is 44.5 Å². The third kappa shape index (κ3) is 31.0. The molecule has 22 nitrogen and oxygen atoms in total.